The first kappa shape index (κ1) is 13.0. The molecule has 18 heavy (non-hydrogen) atoms. The van der Waals surface area contributed by atoms with Crippen LogP contribution in [0.1, 0.15) is 28.7 Å². The Kier molecular flexibility index (Phi) is 3.97. The Hall–Kier alpha value is -1.42. The van der Waals surface area contributed by atoms with E-state index < -0.39 is 0 Å². The van der Waals surface area contributed by atoms with Gasteiger partial charge < -0.3 is 4.57 Å². The maximum Gasteiger partial charge on any atom is 0.171 e. The monoisotopic (exact) mass is 306 g/mol. The van der Waals surface area contributed by atoms with Gasteiger partial charge in [0.05, 0.1) is 6.42 Å². The van der Waals surface area contributed by atoms with Crippen LogP contribution in [-0.4, -0.2) is 15.3 Å². The average molecular weight is 307 g/mol. The molecule has 1 heterocycles. The second-order valence-corrected chi connectivity index (χ2v) is 5.07. The number of halogens is 1. The lowest BCUT2D eigenvalue weighted by atomic mass is 10.1. The van der Waals surface area contributed by atoms with Gasteiger partial charge in [-0.1, -0.05) is 27.6 Å². The zero-order valence-corrected chi connectivity index (χ0v) is 12.1. The van der Waals surface area contributed by atoms with E-state index in [1.54, 1.807) is 6.20 Å². The maximum absolute atomic E-state index is 12.3. The van der Waals surface area contributed by atoms with Gasteiger partial charge in [0, 0.05) is 29.0 Å². The summed E-state index contributed by atoms with van der Waals surface area (Å²) in [5.74, 6) is 0.905. The summed E-state index contributed by atoms with van der Waals surface area (Å²) in [6.07, 6.45) is 3.97. The molecule has 94 valence electrons. The molecule has 1 aromatic carbocycles. The van der Waals surface area contributed by atoms with Crippen molar-refractivity contribution < 1.29 is 4.79 Å². The predicted molar refractivity (Wildman–Crippen MR) is 74.8 cm³/mol. The quantitative estimate of drug-likeness (QED) is 0.812. The first-order valence-electron chi connectivity index (χ1n) is 5.91. The van der Waals surface area contributed by atoms with Crippen LogP contribution >= 0.6 is 15.9 Å². The number of aromatic nitrogens is 2. The largest absolute Gasteiger partial charge is 0.335 e. The van der Waals surface area contributed by atoms with Gasteiger partial charge in [0.25, 0.3) is 0 Å². The first-order valence-corrected chi connectivity index (χ1v) is 6.70. The summed E-state index contributed by atoms with van der Waals surface area (Å²) in [5.41, 5.74) is 1.81. The van der Waals surface area contributed by atoms with E-state index in [1.807, 2.05) is 42.8 Å². The highest BCUT2D eigenvalue weighted by Gasteiger charge is 2.13. The molecular weight excluding hydrogens is 292 g/mol. The predicted octanol–water partition coefficient (Wildman–Crippen LogP) is 3.40. The van der Waals surface area contributed by atoms with Crippen LogP contribution in [0.3, 0.4) is 0 Å². The molecular formula is C14H15BrN2O. The molecule has 0 atom stereocenters. The van der Waals surface area contributed by atoms with Crippen LogP contribution in [0, 0.1) is 6.92 Å². The lowest BCUT2D eigenvalue weighted by molar-refractivity contribution is 0.0989. The summed E-state index contributed by atoms with van der Waals surface area (Å²) in [6.45, 7) is 4.85. The van der Waals surface area contributed by atoms with Crippen LogP contribution in [0.2, 0.25) is 0 Å². The van der Waals surface area contributed by atoms with E-state index in [2.05, 4.69) is 20.9 Å². The van der Waals surface area contributed by atoms with Gasteiger partial charge in [-0.15, -0.1) is 0 Å². The van der Waals surface area contributed by atoms with Crippen molar-refractivity contribution in [1.82, 2.24) is 9.55 Å². The van der Waals surface area contributed by atoms with Crippen molar-refractivity contribution in [1.29, 1.82) is 0 Å². The fourth-order valence-corrected chi connectivity index (χ4v) is 2.35. The molecule has 0 N–H and O–H groups in total. The van der Waals surface area contributed by atoms with E-state index in [1.165, 1.54) is 0 Å². The summed E-state index contributed by atoms with van der Waals surface area (Å²) in [6, 6.07) is 5.80. The van der Waals surface area contributed by atoms with Gasteiger partial charge in [-0.25, -0.2) is 4.98 Å². The van der Waals surface area contributed by atoms with Gasteiger partial charge in [0.15, 0.2) is 5.78 Å². The third-order valence-corrected chi connectivity index (χ3v) is 3.57. The Morgan fingerprint density at radius 2 is 2.22 bits per heavy atom. The molecule has 2 aromatic rings. The molecule has 4 heteroatoms. The number of Topliss-reactive ketones (excluding diaryl/α,β-unsaturated/α-hetero) is 1. The molecule has 0 bridgehead atoms. The van der Waals surface area contributed by atoms with Crippen LogP contribution in [0.15, 0.2) is 35.1 Å². The third kappa shape index (κ3) is 2.70. The standard InChI is InChI=1S/C14H15BrN2O/c1-3-17-7-6-16-14(17)9-13(18)11-8-10(2)4-5-12(11)15/h4-8H,3,9H2,1-2H3. The van der Waals surface area contributed by atoms with Crippen molar-refractivity contribution in [3.05, 3.63) is 52.0 Å². The minimum absolute atomic E-state index is 0.0893. The highest BCUT2D eigenvalue weighted by Crippen LogP contribution is 2.20. The number of rotatable bonds is 4. The molecule has 0 saturated carbocycles. The number of aryl methyl sites for hydroxylation is 2. The van der Waals surface area contributed by atoms with Gasteiger partial charge in [0.2, 0.25) is 0 Å². The molecule has 0 fully saturated rings. The van der Waals surface area contributed by atoms with Crippen molar-refractivity contribution >= 4 is 21.7 Å². The number of hydrogen-bond acceptors (Lipinski definition) is 2. The van der Waals surface area contributed by atoms with E-state index in [-0.39, 0.29) is 5.78 Å². The molecule has 0 radical (unpaired) electrons. The Balaban J connectivity index is 2.25. The number of nitrogens with zero attached hydrogens (tertiary/aromatic N) is 2. The molecule has 0 spiro atoms. The summed E-state index contributed by atoms with van der Waals surface area (Å²) in [5, 5.41) is 0. The number of imidazole rings is 1. The lowest BCUT2D eigenvalue weighted by Crippen LogP contribution is -2.10. The zero-order valence-electron chi connectivity index (χ0n) is 10.5. The van der Waals surface area contributed by atoms with Gasteiger partial charge in [-0.05, 0) is 26.0 Å². The second-order valence-electron chi connectivity index (χ2n) is 4.21. The number of hydrogen-bond donors (Lipinski definition) is 0. The minimum Gasteiger partial charge on any atom is -0.335 e. The molecule has 0 aliphatic carbocycles. The topological polar surface area (TPSA) is 34.9 Å². The summed E-state index contributed by atoms with van der Waals surface area (Å²) < 4.78 is 2.83. The van der Waals surface area contributed by atoms with Gasteiger partial charge in [-0.3, -0.25) is 4.79 Å². The van der Waals surface area contributed by atoms with Crippen molar-refractivity contribution in [3.63, 3.8) is 0 Å². The Morgan fingerprint density at radius 3 is 2.94 bits per heavy atom. The lowest BCUT2D eigenvalue weighted by Gasteiger charge is -2.06. The average Bonchev–Trinajstić information content (AvgIpc) is 2.79. The van der Waals surface area contributed by atoms with Crippen molar-refractivity contribution in [3.8, 4) is 0 Å². The summed E-state index contributed by atoms with van der Waals surface area (Å²) in [4.78, 5) is 16.5. The van der Waals surface area contributed by atoms with Crippen LogP contribution in [0.4, 0.5) is 0 Å². The molecule has 3 nitrogen and oxygen atoms in total. The SMILES string of the molecule is CCn1ccnc1CC(=O)c1cc(C)ccc1Br. The van der Waals surface area contributed by atoms with Gasteiger partial charge in [-0.2, -0.15) is 0 Å². The molecule has 0 unspecified atom stereocenters. The normalized spacial score (nSPS) is 10.6. The molecule has 0 saturated heterocycles. The third-order valence-electron chi connectivity index (χ3n) is 2.88. The Bertz CT molecular complexity index is 575. The number of carbonyl (C=O) groups excluding carboxylic acids is 1. The minimum atomic E-state index is 0.0893. The number of ketones is 1. The van der Waals surface area contributed by atoms with E-state index >= 15 is 0 Å². The smallest absolute Gasteiger partial charge is 0.171 e. The van der Waals surface area contributed by atoms with E-state index in [4.69, 9.17) is 0 Å². The van der Waals surface area contributed by atoms with Crippen LogP contribution in [0.5, 0.6) is 0 Å². The Morgan fingerprint density at radius 1 is 1.44 bits per heavy atom. The van der Waals surface area contributed by atoms with Crippen LogP contribution in [0.25, 0.3) is 0 Å². The fourth-order valence-electron chi connectivity index (χ4n) is 1.89. The number of benzene rings is 1. The molecule has 0 amide bonds. The van der Waals surface area contributed by atoms with Crippen molar-refractivity contribution in [2.45, 2.75) is 26.8 Å². The fraction of sp³-hybridized carbons (Fsp3) is 0.286. The van der Waals surface area contributed by atoms with E-state index in [0.29, 0.717) is 6.42 Å². The first-order chi connectivity index (χ1) is 8.61. The van der Waals surface area contributed by atoms with Crippen LogP contribution < -0.4 is 0 Å². The molecule has 0 aliphatic heterocycles. The molecule has 2 rings (SSSR count). The molecule has 0 aliphatic rings. The second kappa shape index (κ2) is 5.48. The zero-order chi connectivity index (χ0) is 13.1. The number of carbonyl (C=O) groups is 1. The van der Waals surface area contributed by atoms with E-state index in [9.17, 15) is 4.79 Å². The highest BCUT2D eigenvalue weighted by atomic mass is 79.9. The maximum atomic E-state index is 12.3. The van der Waals surface area contributed by atoms with Gasteiger partial charge >= 0.3 is 0 Å². The highest BCUT2D eigenvalue weighted by molar-refractivity contribution is 9.10. The van der Waals surface area contributed by atoms with Crippen LogP contribution in [-0.2, 0) is 13.0 Å². The van der Waals surface area contributed by atoms with Gasteiger partial charge in [0.1, 0.15) is 5.82 Å². The summed E-state index contributed by atoms with van der Waals surface area (Å²) in [7, 11) is 0. The summed E-state index contributed by atoms with van der Waals surface area (Å²) >= 11 is 3.42. The van der Waals surface area contributed by atoms with E-state index in [0.717, 1.165) is 28.0 Å². The molecule has 1 aromatic heterocycles. The van der Waals surface area contributed by atoms with Crippen molar-refractivity contribution in [2.75, 3.05) is 0 Å². The van der Waals surface area contributed by atoms with Crippen molar-refractivity contribution in [2.24, 2.45) is 0 Å². The Labute approximate surface area is 115 Å².